The summed E-state index contributed by atoms with van der Waals surface area (Å²) in [7, 11) is 0. The minimum Gasteiger partial charge on any atom is -0.287 e. The Balaban J connectivity index is 2.97. The molecule has 13 heavy (non-hydrogen) atoms. The van der Waals surface area contributed by atoms with Crippen LogP contribution < -0.4 is 5.43 Å². The van der Waals surface area contributed by atoms with E-state index in [9.17, 15) is 4.79 Å². The molecule has 3 nitrogen and oxygen atoms in total. The number of nitrogens with zero attached hydrogens (tertiary/aromatic N) is 1. The van der Waals surface area contributed by atoms with Crippen LogP contribution in [0.2, 0.25) is 0 Å². The molecule has 0 bridgehead atoms. The summed E-state index contributed by atoms with van der Waals surface area (Å²) in [5.41, 5.74) is 0.700. The number of fused-ring (bicyclic) bond motifs is 1. The summed E-state index contributed by atoms with van der Waals surface area (Å²) >= 11 is 5.56. The molecule has 1 aromatic carbocycles. The second-order valence-corrected chi connectivity index (χ2v) is 4.56. The van der Waals surface area contributed by atoms with Gasteiger partial charge in [0.1, 0.15) is 0 Å². The fourth-order valence-corrected chi connectivity index (χ4v) is 1.88. The van der Waals surface area contributed by atoms with Gasteiger partial charge in [0, 0.05) is 13.4 Å². The van der Waals surface area contributed by atoms with Crippen LogP contribution in [0.3, 0.4) is 0 Å². The Morgan fingerprint density at radius 2 is 2.23 bits per heavy atom. The third kappa shape index (κ3) is 1.62. The van der Waals surface area contributed by atoms with Gasteiger partial charge in [-0.3, -0.25) is 9.89 Å². The number of benzene rings is 1. The van der Waals surface area contributed by atoms with E-state index in [1.165, 1.54) is 6.20 Å². The van der Waals surface area contributed by atoms with Crippen molar-refractivity contribution in [1.82, 2.24) is 10.2 Å². The van der Waals surface area contributed by atoms with Gasteiger partial charge in [-0.25, -0.2) is 0 Å². The second-order valence-electron chi connectivity index (χ2n) is 2.55. The predicted molar refractivity (Wildman–Crippen MR) is 62.8 cm³/mol. The normalized spacial score (nSPS) is 10.6. The van der Waals surface area contributed by atoms with Crippen LogP contribution in [0.4, 0.5) is 0 Å². The Labute approximate surface area is 95.8 Å². The number of hydrogen-bond donors (Lipinski definition) is 1. The quantitative estimate of drug-likeness (QED) is 0.741. The van der Waals surface area contributed by atoms with E-state index in [1.54, 1.807) is 6.07 Å². The average molecular weight is 351 g/mol. The van der Waals surface area contributed by atoms with E-state index >= 15 is 0 Å². The van der Waals surface area contributed by atoms with Crippen LogP contribution in [0, 0.1) is 3.57 Å². The van der Waals surface area contributed by atoms with E-state index in [-0.39, 0.29) is 5.43 Å². The number of aromatic amines is 1. The lowest BCUT2D eigenvalue weighted by Crippen LogP contribution is -2.03. The molecule has 0 amide bonds. The molecule has 0 fully saturated rings. The highest BCUT2D eigenvalue weighted by molar-refractivity contribution is 14.1. The lowest BCUT2D eigenvalue weighted by molar-refractivity contribution is 1.06. The first kappa shape index (κ1) is 9.14. The van der Waals surface area contributed by atoms with Gasteiger partial charge in [-0.2, -0.15) is 5.10 Å². The number of H-pyrrole nitrogens is 1. The first-order chi connectivity index (χ1) is 6.18. The van der Waals surface area contributed by atoms with E-state index in [1.807, 2.05) is 6.07 Å². The van der Waals surface area contributed by atoms with E-state index in [0.717, 1.165) is 13.6 Å². The molecular formula is C8H4BrIN2O. The van der Waals surface area contributed by atoms with Crippen molar-refractivity contribution in [2.45, 2.75) is 0 Å². The Bertz CT molecular complexity index is 523. The van der Waals surface area contributed by atoms with Gasteiger partial charge < -0.3 is 0 Å². The predicted octanol–water partition coefficient (Wildman–Crippen LogP) is 2.29. The van der Waals surface area contributed by atoms with Gasteiger partial charge in [-0.15, -0.1) is 0 Å². The zero-order chi connectivity index (χ0) is 9.42. The molecule has 5 heteroatoms. The van der Waals surface area contributed by atoms with Crippen molar-refractivity contribution in [2.24, 2.45) is 0 Å². The highest BCUT2D eigenvalue weighted by Gasteiger charge is 2.02. The van der Waals surface area contributed by atoms with Gasteiger partial charge in [-0.1, -0.05) is 0 Å². The number of nitrogens with one attached hydrogen (secondary N) is 1. The molecule has 0 radical (unpaired) electrons. The molecule has 1 heterocycles. The highest BCUT2D eigenvalue weighted by atomic mass is 127. The molecule has 0 saturated heterocycles. The van der Waals surface area contributed by atoms with E-state index < -0.39 is 0 Å². The topological polar surface area (TPSA) is 45.8 Å². The molecule has 0 aliphatic heterocycles. The van der Waals surface area contributed by atoms with E-state index in [0.29, 0.717) is 5.39 Å². The Kier molecular flexibility index (Phi) is 2.37. The van der Waals surface area contributed by atoms with Crippen LogP contribution in [0.1, 0.15) is 0 Å². The van der Waals surface area contributed by atoms with Crippen molar-refractivity contribution in [3.8, 4) is 0 Å². The second kappa shape index (κ2) is 3.38. The zero-order valence-electron chi connectivity index (χ0n) is 6.34. The maximum absolute atomic E-state index is 11.3. The summed E-state index contributed by atoms with van der Waals surface area (Å²) < 4.78 is 1.98. The molecule has 0 aliphatic carbocycles. The first-order valence-electron chi connectivity index (χ1n) is 3.51. The molecule has 1 aromatic heterocycles. The van der Waals surface area contributed by atoms with Crippen molar-refractivity contribution in [3.63, 3.8) is 0 Å². The third-order valence-electron chi connectivity index (χ3n) is 1.69. The van der Waals surface area contributed by atoms with Crippen molar-refractivity contribution < 1.29 is 0 Å². The number of halogens is 2. The van der Waals surface area contributed by atoms with Crippen molar-refractivity contribution >= 4 is 49.4 Å². The molecule has 2 aromatic rings. The first-order valence-corrected chi connectivity index (χ1v) is 5.38. The fraction of sp³-hybridized carbons (Fsp3) is 0. The molecule has 0 atom stereocenters. The molecule has 0 unspecified atom stereocenters. The van der Waals surface area contributed by atoms with Gasteiger partial charge in [0.15, 0.2) is 0 Å². The minimum absolute atomic E-state index is 0.0640. The number of rotatable bonds is 0. The monoisotopic (exact) mass is 350 g/mol. The van der Waals surface area contributed by atoms with E-state index in [2.05, 4.69) is 48.7 Å². The summed E-state index contributed by atoms with van der Waals surface area (Å²) in [5.74, 6) is 0. The molecule has 0 spiro atoms. The molecule has 0 aliphatic rings. The van der Waals surface area contributed by atoms with Crippen LogP contribution in [-0.2, 0) is 0 Å². The van der Waals surface area contributed by atoms with Gasteiger partial charge >= 0.3 is 0 Å². The lowest BCUT2D eigenvalue weighted by atomic mass is 10.2. The zero-order valence-corrected chi connectivity index (χ0v) is 10.1. The Hall–Kier alpha value is -0.430. The fourth-order valence-electron chi connectivity index (χ4n) is 1.07. The van der Waals surface area contributed by atoms with E-state index in [4.69, 9.17) is 0 Å². The summed E-state index contributed by atoms with van der Waals surface area (Å²) in [6, 6.07) is 3.69. The maximum atomic E-state index is 11.3. The minimum atomic E-state index is -0.0640. The number of aromatic nitrogens is 2. The summed E-state index contributed by atoms with van der Waals surface area (Å²) in [6.45, 7) is 0. The lowest BCUT2D eigenvalue weighted by Gasteiger charge is -1.99. The molecule has 66 valence electrons. The van der Waals surface area contributed by atoms with Crippen molar-refractivity contribution in [1.29, 1.82) is 0 Å². The van der Waals surface area contributed by atoms with Gasteiger partial charge in [0.2, 0.25) is 5.43 Å². The van der Waals surface area contributed by atoms with Crippen LogP contribution >= 0.6 is 38.5 Å². The average Bonchev–Trinajstić information content (AvgIpc) is 2.09. The maximum Gasteiger partial charge on any atom is 0.207 e. The van der Waals surface area contributed by atoms with Crippen molar-refractivity contribution in [2.75, 3.05) is 0 Å². The van der Waals surface area contributed by atoms with Gasteiger partial charge in [0.05, 0.1) is 11.7 Å². The van der Waals surface area contributed by atoms with Crippen molar-refractivity contribution in [3.05, 3.63) is 36.6 Å². The highest BCUT2D eigenvalue weighted by Crippen LogP contribution is 2.22. The Morgan fingerprint density at radius 1 is 1.46 bits per heavy atom. The summed E-state index contributed by atoms with van der Waals surface area (Å²) in [6.07, 6.45) is 1.28. The summed E-state index contributed by atoms with van der Waals surface area (Å²) in [4.78, 5) is 11.3. The van der Waals surface area contributed by atoms with Crippen LogP contribution in [0.15, 0.2) is 27.6 Å². The van der Waals surface area contributed by atoms with Crippen LogP contribution in [-0.4, -0.2) is 10.2 Å². The van der Waals surface area contributed by atoms with Gasteiger partial charge in [-0.05, 0) is 50.7 Å². The van der Waals surface area contributed by atoms with Gasteiger partial charge in [0.25, 0.3) is 0 Å². The standard InChI is InChI=1S/C8H4BrIN2O/c9-5-1-4-7(2-6(5)10)12-11-3-8(4)13/h1-3H,(H,12,13). The SMILES string of the molecule is O=c1cn[nH]c2cc(I)c(Br)cc12. The molecular weight excluding hydrogens is 347 g/mol. The largest absolute Gasteiger partial charge is 0.287 e. The number of hydrogen-bond acceptors (Lipinski definition) is 2. The third-order valence-corrected chi connectivity index (χ3v) is 3.98. The molecule has 2 rings (SSSR count). The molecule has 0 saturated carbocycles. The smallest absolute Gasteiger partial charge is 0.207 e. The van der Waals surface area contributed by atoms with Crippen LogP contribution in [0.25, 0.3) is 10.9 Å². The summed E-state index contributed by atoms with van der Waals surface area (Å²) in [5, 5.41) is 7.17. The Morgan fingerprint density at radius 3 is 3.00 bits per heavy atom. The van der Waals surface area contributed by atoms with Crippen LogP contribution in [0.5, 0.6) is 0 Å². The molecule has 1 N–H and O–H groups in total.